The number of carbonyl (C=O) groups is 1. The smallest absolute Gasteiger partial charge is 0.243 e. The molecule has 8 heteroatoms. The molecule has 1 saturated heterocycles. The molecule has 0 aromatic heterocycles. The summed E-state index contributed by atoms with van der Waals surface area (Å²) in [5, 5.41) is 0. The molecule has 1 aromatic rings. The molecule has 2 N–H and O–H groups in total. The van der Waals surface area contributed by atoms with E-state index in [4.69, 9.17) is 5.73 Å². The lowest BCUT2D eigenvalue weighted by molar-refractivity contribution is -0.116. The second kappa shape index (κ2) is 8.03. The molecule has 3 rings (SSSR count). The standard InChI is InChI=1S/C17H25N3O3S.ClH/c1-13(21)19-9-4-5-14-7-8-16(11-17(14)19)24(22,23)20-10-3-2-6-15(20)12-18;/h7-8,11,15H,2-6,9-10,12,18H2,1H3;1H. The van der Waals surface area contributed by atoms with Gasteiger partial charge in [-0.15, -0.1) is 12.4 Å². The summed E-state index contributed by atoms with van der Waals surface area (Å²) in [7, 11) is -3.59. The van der Waals surface area contributed by atoms with Gasteiger partial charge in [-0.1, -0.05) is 12.5 Å². The summed E-state index contributed by atoms with van der Waals surface area (Å²) in [5.41, 5.74) is 7.55. The molecule has 0 spiro atoms. The summed E-state index contributed by atoms with van der Waals surface area (Å²) >= 11 is 0. The van der Waals surface area contributed by atoms with Gasteiger partial charge in [0.1, 0.15) is 0 Å². The summed E-state index contributed by atoms with van der Waals surface area (Å²) < 4.78 is 27.7. The Morgan fingerprint density at radius 3 is 2.68 bits per heavy atom. The van der Waals surface area contributed by atoms with Crippen LogP contribution >= 0.6 is 12.4 Å². The molecular weight excluding hydrogens is 362 g/mol. The molecule has 0 radical (unpaired) electrons. The van der Waals surface area contributed by atoms with Crippen LogP contribution in [0.4, 0.5) is 5.69 Å². The van der Waals surface area contributed by atoms with Gasteiger partial charge in [-0.3, -0.25) is 4.79 Å². The summed E-state index contributed by atoms with van der Waals surface area (Å²) in [6.45, 7) is 3.01. The maximum Gasteiger partial charge on any atom is 0.243 e. The fraction of sp³-hybridized carbons (Fsp3) is 0.588. The number of rotatable bonds is 3. The normalized spacial score (nSPS) is 21.4. The molecule has 1 atom stereocenters. The Labute approximate surface area is 155 Å². The zero-order valence-corrected chi connectivity index (χ0v) is 16.1. The van der Waals surface area contributed by atoms with Gasteiger partial charge in [0.15, 0.2) is 0 Å². The first-order chi connectivity index (χ1) is 11.4. The molecule has 1 fully saturated rings. The highest BCUT2D eigenvalue weighted by molar-refractivity contribution is 7.89. The van der Waals surface area contributed by atoms with Gasteiger partial charge in [0.2, 0.25) is 15.9 Å². The third-order valence-corrected chi connectivity index (χ3v) is 6.96. The lowest BCUT2D eigenvalue weighted by atomic mass is 10.0. The van der Waals surface area contributed by atoms with Crippen molar-refractivity contribution in [3.8, 4) is 0 Å². The summed E-state index contributed by atoms with van der Waals surface area (Å²) in [6, 6.07) is 5.04. The maximum atomic E-state index is 13.1. The molecule has 2 aliphatic rings. The van der Waals surface area contributed by atoms with Crippen molar-refractivity contribution in [1.82, 2.24) is 4.31 Å². The number of carbonyl (C=O) groups excluding carboxylic acids is 1. The predicted molar refractivity (Wildman–Crippen MR) is 101 cm³/mol. The Bertz CT molecular complexity index is 739. The van der Waals surface area contributed by atoms with E-state index in [0.29, 0.717) is 19.6 Å². The number of anilines is 1. The van der Waals surface area contributed by atoms with Gasteiger partial charge in [0.05, 0.1) is 4.90 Å². The van der Waals surface area contributed by atoms with Gasteiger partial charge in [0, 0.05) is 38.3 Å². The van der Waals surface area contributed by atoms with Crippen LogP contribution in [0.1, 0.15) is 38.2 Å². The quantitative estimate of drug-likeness (QED) is 0.858. The van der Waals surface area contributed by atoms with E-state index >= 15 is 0 Å². The minimum absolute atomic E-state index is 0. The number of hydrogen-bond donors (Lipinski definition) is 1. The van der Waals surface area contributed by atoms with Crippen LogP contribution in [-0.2, 0) is 21.2 Å². The van der Waals surface area contributed by atoms with Crippen LogP contribution < -0.4 is 10.6 Å². The number of hydrogen-bond acceptors (Lipinski definition) is 4. The fourth-order valence-corrected chi connectivity index (χ4v) is 5.43. The number of benzene rings is 1. The molecule has 0 bridgehead atoms. The number of nitrogens with zero attached hydrogens (tertiary/aromatic N) is 2. The third-order valence-electron chi connectivity index (χ3n) is 5.01. The average Bonchev–Trinajstić information content (AvgIpc) is 2.60. The molecule has 0 saturated carbocycles. The number of nitrogens with two attached hydrogens (primary N) is 1. The first kappa shape index (κ1) is 20.2. The molecule has 1 amide bonds. The van der Waals surface area contributed by atoms with E-state index in [0.717, 1.165) is 43.4 Å². The molecule has 25 heavy (non-hydrogen) atoms. The molecule has 2 heterocycles. The van der Waals surface area contributed by atoms with Gasteiger partial charge in [-0.25, -0.2) is 8.42 Å². The van der Waals surface area contributed by atoms with E-state index in [9.17, 15) is 13.2 Å². The number of aryl methyl sites for hydroxylation is 1. The van der Waals surface area contributed by atoms with E-state index < -0.39 is 10.0 Å². The van der Waals surface area contributed by atoms with E-state index in [1.807, 2.05) is 6.07 Å². The number of piperidine rings is 1. The van der Waals surface area contributed by atoms with Crippen LogP contribution in [0.2, 0.25) is 0 Å². The fourth-order valence-electron chi connectivity index (χ4n) is 3.70. The lowest BCUT2D eigenvalue weighted by Gasteiger charge is -2.34. The van der Waals surface area contributed by atoms with Gasteiger partial charge in [-0.2, -0.15) is 4.31 Å². The van der Waals surface area contributed by atoms with E-state index in [-0.39, 0.29) is 29.3 Å². The number of sulfonamides is 1. The highest BCUT2D eigenvalue weighted by Crippen LogP contribution is 2.32. The highest BCUT2D eigenvalue weighted by Gasteiger charge is 2.33. The van der Waals surface area contributed by atoms with Crippen LogP contribution in [0.3, 0.4) is 0 Å². The Hall–Kier alpha value is -1.15. The first-order valence-electron chi connectivity index (χ1n) is 8.58. The number of amides is 1. The summed E-state index contributed by atoms with van der Waals surface area (Å²) in [6.07, 6.45) is 4.45. The van der Waals surface area contributed by atoms with Crippen molar-refractivity contribution in [3.63, 3.8) is 0 Å². The van der Waals surface area contributed by atoms with Gasteiger partial charge in [-0.05, 0) is 43.4 Å². The topological polar surface area (TPSA) is 83.7 Å². The molecule has 0 aliphatic carbocycles. The molecule has 140 valence electrons. The van der Waals surface area contributed by atoms with Crippen LogP contribution in [-0.4, -0.2) is 44.3 Å². The average molecular weight is 388 g/mol. The Kier molecular flexibility index (Phi) is 6.48. The zero-order valence-electron chi connectivity index (χ0n) is 14.5. The van der Waals surface area contributed by atoms with Crippen LogP contribution in [0.5, 0.6) is 0 Å². The van der Waals surface area contributed by atoms with Crippen molar-refractivity contribution >= 4 is 34.0 Å². The first-order valence-corrected chi connectivity index (χ1v) is 10.0. The van der Waals surface area contributed by atoms with Crippen molar-refractivity contribution in [2.24, 2.45) is 5.73 Å². The van der Waals surface area contributed by atoms with Crippen molar-refractivity contribution in [2.45, 2.75) is 50.0 Å². The van der Waals surface area contributed by atoms with Crippen LogP contribution in [0.25, 0.3) is 0 Å². The molecule has 2 aliphatic heterocycles. The van der Waals surface area contributed by atoms with Gasteiger partial charge in [0.25, 0.3) is 0 Å². The minimum atomic E-state index is -3.59. The largest absolute Gasteiger partial charge is 0.329 e. The second-order valence-corrected chi connectivity index (χ2v) is 8.46. The molecule has 1 aromatic carbocycles. The molecule has 1 unspecified atom stereocenters. The number of fused-ring (bicyclic) bond motifs is 1. The second-order valence-electron chi connectivity index (χ2n) is 6.57. The zero-order chi connectivity index (χ0) is 17.3. The van der Waals surface area contributed by atoms with Crippen molar-refractivity contribution in [3.05, 3.63) is 23.8 Å². The van der Waals surface area contributed by atoms with Crippen LogP contribution in [0.15, 0.2) is 23.1 Å². The van der Waals surface area contributed by atoms with Crippen molar-refractivity contribution in [1.29, 1.82) is 0 Å². The van der Waals surface area contributed by atoms with Gasteiger partial charge >= 0.3 is 0 Å². The minimum Gasteiger partial charge on any atom is -0.329 e. The SMILES string of the molecule is CC(=O)N1CCCc2ccc(S(=O)(=O)N3CCCCC3CN)cc21.Cl. The Balaban J connectivity index is 0.00000225. The van der Waals surface area contributed by atoms with E-state index in [2.05, 4.69) is 0 Å². The Morgan fingerprint density at radius 1 is 1.24 bits per heavy atom. The van der Waals surface area contributed by atoms with Crippen molar-refractivity contribution in [2.75, 3.05) is 24.5 Å². The van der Waals surface area contributed by atoms with E-state index in [1.165, 1.54) is 6.92 Å². The maximum absolute atomic E-state index is 13.1. The predicted octanol–water partition coefficient (Wildman–Crippen LogP) is 1.91. The monoisotopic (exact) mass is 387 g/mol. The molecule has 6 nitrogen and oxygen atoms in total. The lowest BCUT2D eigenvalue weighted by Crippen LogP contribution is -2.47. The van der Waals surface area contributed by atoms with Crippen molar-refractivity contribution < 1.29 is 13.2 Å². The number of halogens is 1. The summed E-state index contributed by atoms with van der Waals surface area (Å²) in [5.74, 6) is -0.0525. The van der Waals surface area contributed by atoms with Gasteiger partial charge < -0.3 is 10.6 Å². The summed E-state index contributed by atoms with van der Waals surface area (Å²) in [4.78, 5) is 13.8. The Morgan fingerprint density at radius 2 is 2.00 bits per heavy atom. The van der Waals surface area contributed by atoms with Crippen LogP contribution in [0, 0.1) is 0 Å². The van der Waals surface area contributed by atoms with E-state index in [1.54, 1.807) is 21.3 Å². The third kappa shape index (κ3) is 3.84. The highest BCUT2D eigenvalue weighted by atomic mass is 35.5. The molecular formula is C17H26ClN3O3S.